The van der Waals surface area contributed by atoms with E-state index in [0.29, 0.717) is 5.92 Å². The predicted octanol–water partition coefficient (Wildman–Crippen LogP) is 1.96. The van der Waals surface area contributed by atoms with Gasteiger partial charge in [0.2, 0.25) is 0 Å². The minimum Gasteiger partial charge on any atom is -0.497 e. The Labute approximate surface area is 116 Å². The summed E-state index contributed by atoms with van der Waals surface area (Å²) >= 11 is 0. The minimum absolute atomic E-state index is 0.280. The molecule has 2 unspecified atom stereocenters. The Hall–Kier alpha value is -1.13. The number of aryl methyl sites for hydroxylation is 1. The van der Waals surface area contributed by atoms with Crippen LogP contribution in [0.2, 0.25) is 0 Å². The van der Waals surface area contributed by atoms with Crippen LogP contribution in [0.15, 0.2) is 12.1 Å². The topological polar surface area (TPSA) is 51.4 Å². The second-order valence-electron chi connectivity index (χ2n) is 5.64. The number of piperidine rings is 1. The van der Waals surface area contributed by atoms with Gasteiger partial charge in [0.25, 0.3) is 0 Å². The highest BCUT2D eigenvalue weighted by molar-refractivity contribution is 5.26. The molecule has 0 amide bonds. The molecule has 4 heteroatoms. The van der Waals surface area contributed by atoms with Crippen molar-refractivity contribution in [2.45, 2.75) is 39.3 Å². The van der Waals surface area contributed by atoms with Crippen LogP contribution in [0.1, 0.15) is 31.2 Å². The maximum absolute atomic E-state index is 6.03. The standard InChI is InChI=1S/C15H25N3O/c1-11-7-15(19-3)8-14(17-11)10-18-6-4-5-13(9-18)12(2)16/h7-8,12-13H,4-6,9-10,16H2,1-3H3. The molecule has 0 bridgehead atoms. The van der Waals surface area contributed by atoms with Crippen LogP contribution >= 0.6 is 0 Å². The van der Waals surface area contributed by atoms with E-state index in [9.17, 15) is 0 Å². The Morgan fingerprint density at radius 2 is 2.32 bits per heavy atom. The van der Waals surface area contributed by atoms with E-state index in [1.807, 2.05) is 19.1 Å². The summed E-state index contributed by atoms with van der Waals surface area (Å²) in [7, 11) is 1.70. The third-order valence-corrected chi connectivity index (χ3v) is 3.89. The van der Waals surface area contributed by atoms with Crippen molar-refractivity contribution in [3.05, 3.63) is 23.5 Å². The van der Waals surface area contributed by atoms with Gasteiger partial charge in [-0.3, -0.25) is 9.88 Å². The van der Waals surface area contributed by atoms with Gasteiger partial charge >= 0.3 is 0 Å². The maximum atomic E-state index is 6.03. The zero-order chi connectivity index (χ0) is 13.8. The van der Waals surface area contributed by atoms with Gasteiger partial charge < -0.3 is 10.5 Å². The van der Waals surface area contributed by atoms with Crippen LogP contribution in [0.4, 0.5) is 0 Å². The van der Waals surface area contributed by atoms with Gasteiger partial charge in [0.15, 0.2) is 0 Å². The molecule has 1 fully saturated rings. The van der Waals surface area contributed by atoms with Gasteiger partial charge in [0, 0.05) is 37.0 Å². The number of pyridine rings is 1. The molecule has 2 rings (SSSR count). The molecule has 1 aromatic rings. The first kappa shape index (κ1) is 14.3. The summed E-state index contributed by atoms with van der Waals surface area (Å²) < 4.78 is 5.31. The average Bonchev–Trinajstić information content (AvgIpc) is 2.38. The van der Waals surface area contributed by atoms with Crippen LogP contribution in [0.3, 0.4) is 0 Å². The monoisotopic (exact) mass is 263 g/mol. The molecule has 0 spiro atoms. The lowest BCUT2D eigenvalue weighted by Gasteiger charge is -2.34. The van der Waals surface area contributed by atoms with Gasteiger partial charge in [0.05, 0.1) is 12.8 Å². The molecule has 0 radical (unpaired) electrons. The molecule has 1 aliphatic rings. The summed E-state index contributed by atoms with van der Waals surface area (Å²) in [5.74, 6) is 1.50. The largest absolute Gasteiger partial charge is 0.497 e. The van der Waals surface area contributed by atoms with Gasteiger partial charge in [-0.05, 0) is 39.2 Å². The molecule has 2 atom stereocenters. The number of nitrogens with zero attached hydrogens (tertiary/aromatic N) is 2. The fourth-order valence-corrected chi connectivity index (χ4v) is 2.79. The van der Waals surface area contributed by atoms with E-state index in [4.69, 9.17) is 10.5 Å². The predicted molar refractivity (Wildman–Crippen MR) is 77.2 cm³/mol. The molecule has 1 saturated heterocycles. The summed E-state index contributed by atoms with van der Waals surface area (Å²) in [6.07, 6.45) is 2.48. The smallest absolute Gasteiger partial charge is 0.122 e. The summed E-state index contributed by atoms with van der Waals surface area (Å²) in [5, 5.41) is 0. The fraction of sp³-hybridized carbons (Fsp3) is 0.667. The fourth-order valence-electron chi connectivity index (χ4n) is 2.79. The number of likely N-dealkylation sites (tertiary alicyclic amines) is 1. The number of ether oxygens (including phenoxy) is 1. The van der Waals surface area contributed by atoms with Gasteiger partial charge in [0.1, 0.15) is 5.75 Å². The summed E-state index contributed by atoms with van der Waals surface area (Å²) in [6, 6.07) is 4.27. The van der Waals surface area contributed by atoms with E-state index >= 15 is 0 Å². The molecule has 1 aromatic heterocycles. The summed E-state index contributed by atoms with van der Waals surface area (Å²) in [5.41, 5.74) is 8.12. The van der Waals surface area contributed by atoms with Crippen molar-refractivity contribution in [3.8, 4) is 5.75 Å². The van der Waals surface area contributed by atoms with Crippen molar-refractivity contribution in [3.63, 3.8) is 0 Å². The molecular formula is C15H25N3O. The number of hydrogen-bond acceptors (Lipinski definition) is 4. The number of methoxy groups -OCH3 is 1. The molecule has 4 nitrogen and oxygen atoms in total. The van der Waals surface area contributed by atoms with Crippen molar-refractivity contribution in [2.75, 3.05) is 20.2 Å². The van der Waals surface area contributed by atoms with E-state index in [-0.39, 0.29) is 6.04 Å². The maximum Gasteiger partial charge on any atom is 0.122 e. The Morgan fingerprint density at radius 3 is 3.00 bits per heavy atom. The number of aromatic nitrogens is 1. The van der Waals surface area contributed by atoms with E-state index in [2.05, 4.69) is 16.8 Å². The van der Waals surface area contributed by atoms with E-state index in [1.165, 1.54) is 12.8 Å². The SMILES string of the molecule is COc1cc(C)nc(CN2CCCC(C(C)N)C2)c1. The van der Waals surface area contributed by atoms with E-state index in [1.54, 1.807) is 7.11 Å². The van der Waals surface area contributed by atoms with Crippen LogP contribution in [-0.4, -0.2) is 36.1 Å². The minimum atomic E-state index is 0.280. The van der Waals surface area contributed by atoms with Crippen LogP contribution in [0.5, 0.6) is 5.75 Å². The lowest BCUT2D eigenvalue weighted by molar-refractivity contribution is 0.152. The molecule has 2 heterocycles. The van der Waals surface area contributed by atoms with Gasteiger partial charge in [-0.15, -0.1) is 0 Å². The molecule has 0 saturated carbocycles. The third-order valence-electron chi connectivity index (χ3n) is 3.89. The van der Waals surface area contributed by atoms with Crippen LogP contribution in [0.25, 0.3) is 0 Å². The molecule has 2 N–H and O–H groups in total. The molecular weight excluding hydrogens is 238 g/mol. The van der Waals surface area contributed by atoms with Crippen LogP contribution in [-0.2, 0) is 6.54 Å². The lowest BCUT2D eigenvalue weighted by Crippen LogP contribution is -2.42. The molecule has 0 aromatic carbocycles. The van der Waals surface area contributed by atoms with Crippen LogP contribution < -0.4 is 10.5 Å². The second kappa shape index (κ2) is 6.35. The highest BCUT2D eigenvalue weighted by Crippen LogP contribution is 2.21. The van der Waals surface area contributed by atoms with E-state index < -0.39 is 0 Å². The molecule has 106 valence electrons. The van der Waals surface area contributed by atoms with Gasteiger partial charge in [-0.2, -0.15) is 0 Å². The van der Waals surface area contributed by atoms with Crippen molar-refractivity contribution in [1.82, 2.24) is 9.88 Å². The van der Waals surface area contributed by atoms with Crippen molar-refractivity contribution in [1.29, 1.82) is 0 Å². The quantitative estimate of drug-likeness (QED) is 0.902. The first-order valence-corrected chi connectivity index (χ1v) is 7.08. The molecule has 19 heavy (non-hydrogen) atoms. The number of rotatable bonds is 4. The van der Waals surface area contributed by atoms with Gasteiger partial charge in [-0.25, -0.2) is 0 Å². The van der Waals surface area contributed by atoms with Crippen molar-refractivity contribution in [2.24, 2.45) is 11.7 Å². The number of nitrogens with two attached hydrogens (primary N) is 1. The molecule has 1 aliphatic heterocycles. The van der Waals surface area contributed by atoms with Gasteiger partial charge in [-0.1, -0.05) is 0 Å². The first-order valence-electron chi connectivity index (χ1n) is 7.08. The first-order chi connectivity index (χ1) is 9.08. The summed E-state index contributed by atoms with van der Waals surface area (Å²) in [6.45, 7) is 7.23. The van der Waals surface area contributed by atoms with E-state index in [0.717, 1.165) is 36.8 Å². The Bertz CT molecular complexity index is 420. The Balaban J connectivity index is 2.02. The van der Waals surface area contributed by atoms with Crippen LogP contribution in [0, 0.1) is 12.8 Å². The lowest BCUT2D eigenvalue weighted by atomic mass is 9.92. The second-order valence-corrected chi connectivity index (χ2v) is 5.64. The Morgan fingerprint density at radius 1 is 1.53 bits per heavy atom. The normalized spacial score (nSPS) is 22.2. The summed E-state index contributed by atoms with van der Waals surface area (Å²) in [4.78, 5) is 7.05. The third kappa shape index (κ3) is 3.91. The van der Waals surface area contributed by atoms with Crippen molar-refractivity contribution < 1.29 is 4.74 Å². The zero-order valence-corrected chi connectivity index (χ0v) is 12.2. The highest BCUT2D eigenvalue weighted by Gasteiger charge is 2.22. The molecule has 0 aliphatic carbocycles. The van der Waals surface area contributed by atoms with Crippen molar-refractivity contribution >= 4 is 0 Å². The average molecular weight is 263 g/mol. The Kier molecular flexibility index (Phi) is 4.77. The highest BCUT2D eigenvalue weighted by atomic mass is 16.5. The number of hydrogen-bond donors (Lipinski definition) is 1. The zero-order valence-electron chi connectivity index (χ0n) is 12.2.